The van der Waals surface area contributed by atoms with Gasteiger partial charge in [-0.25, -0.2) is 9.37 Å². The highest BCUT2D eigenvalue weighted by Gasteiger charge is 2.21. The molecule has 0 bridgehead atoms. The number of para-hydroxylation sites is 1. The molecule has 1 aromatic carbocycles. The van der Waals surface area contributed by atoms with Crippen LogP contribution in [-0.4, -0.2) is 41.5 Å². The van der Waals surface area contributed by atoms with Gasteiger partial charge in [-0.3, -0.25) is 14.0 Å². The summed E-state index contributed by atoms with van der Waals surface area (Å²) in [4.78, 5) is 29.3. The van der Waals surface area contributed by atoms with Crippen molar-refractivity contribution in [2.45, 2.75) is 6.42 Å². The van der Waals surface area contributed by atoms with Gasteiger partial charge in [0.15, 0.2) is 5.69 Å². The number of benzene rings is 1. The third-order valence-corrected chi connectivity index (χ3v) is 3.90. The Morgan fingerprint density at radius 3 is 2.70 bits per heavy atom. The number of fused-ring (bicyclic) bond motifs is 1. The molecular weight excluding hydrogens is 351 g/mol. The van der Waals surface area contributed by atoms with Gasteiger partial charge in [0, 0.05) is 26.5 Å². The predicted octanol–water partition coefficient (Wildman–Crippen LogP) is 2.49. The minimum atomic E-state index is -0.595. The van der Waals surface area contributed by atoms with Crippen molar-refractivity contribution >= 4 is 23.0 Å². The van der Waals surface area contributed by atoms with Crippen LogP contribution in [0.4, 0.5) is 10.1 Å². The van der Waals surface area contributed by atoms with E-state index in [2.05, 4.69) is 15.6 Å². The molecule has 0 saturated carbocycles. The summed E-state index contributed by atoms with van der Waals surface area (Å²) in [5.41, 5.74) is 0.541. The number of aromatic nitrogens is 2. The van der Waals surface area contributed by atoms with Crippen LogP contribution < -0.4 is 10.6 Å². The van der Waals surface area contributed by atoms with Gasteiger partial charge in [0.1, 0.15) is 5.82 Å². The third kappa shape index (κ3) is 4.12. The SMILES string of the molecule is COCCCNC(=O)c1nc(C(=O)Nc2ccccc2F)c2ccccn12. The summed E-state index contributed by atoms with van der Waals surface area (Å²) in [6.45, 7) is 0.948. The first-order valence-electron chi connectivity index (χ1n) is 8.42. The lowest BCUT2D eigenvalue weighted by Gasteiger charge is -2.04. The van der Waals surface area contributed by atoms with Crippen molar-refractivity contribution in [1.29, 1.82) is 0 Å². The number of halogens is 1. The summed E-state index contributed by atoms with van der Waals surface area (Å²) < 4.78 is 20.3. The number of ether oxygens (including phenoxy) is 1. The number of nitrogens with one attached hydrogen (secondary N) is 2. The van der Waals surface area contributed by atoms with Crippen LogP contribution >= 0.6 is 0 Å². The van der Waals surface area contributed by atoms with Crippen LogP contribution in [0.5, 0.6) is 0 Å². The second kappa shape index (κ2) is 8.41. The maximum absolute atomic E-state index is 13.8. The lowest BCUT2D eigenvalue weighted by atomic mass is 10.2. The summed E-state index contributed by atoms with van der Waals surface area (Å²) >= 11 is 0. The van der Waals surface area contributed by atoms with E-state index in [0.29, 0.717) is 25.1 Å². The van der Waals surface area contributed by atoms with Crippen molar-refractivity contribution in [2.75, 3.05) is 25.6 Å². The van der Waals surface area contributed by atoms with Gasteiger partial charge in [-0.2, -0.15) is 0 Å². The summed E-state index contributed by atoms with van der Waals surface area (Å²) in [7, 11) is 1.59. The molecule has 0 aliphatic rings. The standard InChI is InChI=1S/C19H19FN4O3/c1-27-12-6-10-21-19(26)17-23-16(15-9-4-5-11-24(15)17)18(25)22-14-8-3-2-7-13(14)20/h2-5,7-9,11H,6,10,12H2,1H3,(H,21,26)(H,22,25). The number of methoxy groups -OCH3 is 1. The monoisotopic (exact) mass is 370 g/mol. The molecule has 2 aromatic heterocycles. The van der Waals surface area contributed by atoms with E-state index in [4.69, 9.17) is 4.74 Å². The van der Waals surface area contributed by atoms with Crippen molar-refractivity contribution in [3.05, 3.63) is 66.0 Å². The molecule has 2 N–H and O–H groups in total. The first-order chi connectivity index (χ1) is 13.1. The van der Waals surface area contributed by atoms with Crippen LogP contribution in [-0.2, 0) is 4.74 Å². The van der Waals surface area contributed by atoms with Gasteiger partial charge in [0.05, 0.1) is 11.2 Å². The van der Waals surface area contributed by atoms with Crippen LogP contribution in [0.3, 0.4) is 0 Å². The van der Waals surface area contributed by atoms with Gasteiger partial charge in [-0.1, -0.05) is 18.2 Å². The van der Waals surface area contributed by atoms with E-state index in [1.165, 1.54) is 22.6 Å². The number of amides is 2. The Balaban J connectivity index is 1.87. The molecule has 0 aliphatic carbocycles. The Morgan fingerprint density at radius 1 is 1.15 bits per heavy atom. The zero-order chi connectivity index (χ0) is 19.2. The molecule has 3 rings (SSSR count). The van der Waals surface area contributed by atoms with Gasteiger partial charge in [-0.05, 0) is 30.7 Å². The second-order valence-electron chi connectivity index (χ2n) is 5.78. The maximum atomic E-state index is 13.8. The molecular formula is C19H19FN4O3. The quantitative estimate of drug-likeness (QED) is 0.626. The van der Waals surface area contributed by atoms with Crippen LogP contribution in [0, 0.1) is 5.82 Å². The molecule has 0 atom stereocenters. The molecule has 0 unspecified atom stereocenters. The lowest BCUT2D eigenvalue weighted by Crippen LogP contribution is -2.27. The minimum absolute atomic E-state index is 0.0425. The normalized spacial score (nSPS) is 10.7. The average molecular weight is 370 g/mol. The van der Waals surface area contributed by atoms with E-state index < -0.39 is 17.6 Å². The molecule has 27 heavy (non-hydrogen) atoms. The third-order valence-electron chi connectivity index (χ3n) is 3.90. The zero-order valence-electron chi connectivity index (χ0n) is 14.7. The lowest BCUT2D eigenvalue weighted by molar-refractivity contribution is 0.0937. The first kappa shape index (κ1) is 18.5. The van der Waals surface area contributed by atoms with Crippen LogP contribution in [0.1, 0.15) is 27.5 Å². The Morgan fingerprint density at radius 2 is 1.93 bits per heavy atom. The molecule has 3 aromatic rings. The predicted molar refractivity (Wildman–Crippen MR) is 98.4 cm³/mol. The van der Waals surface area contributed by atoms with Gasteiger partial charge in [0.2, 0.25) is 5.82 Å². The molecule has 0 saturated heterocycles. The summed E-state index contributed by atoms with van der Waals surface area (Å²) in [5.74, 6) is -1.47. The fraction of sp³-hybridized carbons (Fsp3) is 0.211. The maximum Gasteiger partial charge on any atom is 0.287 e. The summed E-state index contributed by atoms with van der Waals surface area (Å²) in [6, 6.07) is 11.0. The molecule has 7 nitrogen and oxygen atoms in total. The number of nitrogens with zero attached hydrogens (tertiary/aromatic N) is 2. The molecule has 0 spiro atoms. The molecule has 2 amide bonds. The van der Waals surface area contributed by atoms with E-state index in [9.17, 15) is 14.0 Å². The number of hydrogen-bond donors (Lipinski definition) is 2. The van der Waals surface area contributed by atoms with Gasteiger partial charge >= 0.3 is 0 Å². The van der Waals surface area contributed by atoms with E-state index in [1.54, 1.807) is 37.6 Å². The number of rotatable bonds is 7. The number of pyridine rings is 1. The van der Waals surface area contributed by atoms with Crippen LogP contribution in [0.15, 0.2) is 48.7 Å². The van der Waals surface area contributed by atoms with Gasteiger partial charge in [-0.15, -0.1) is 0 Å². The van der Waals surface area contributed by atoms with Gasteiger partial charge < -0.3 is 15.4 Å². The van der Waals surface area contributed by atoms with E-state index in [0.717, 1.165) is 0 Å². The minimum Gasteiger partial charge on any atom is -0.385 e. The first-order valence-corrected chi connectivity index (χ1v) is 8.42. The molecule has 0 aliphatic heterocycles. The number of carbonyl (C=O) groups is 2. The topological polar surface area (TPSA) is 84.7 Å². The average Bonchev–Trinajstić information content (AvgIpc) is 3.07. The second-order valence-corrected chi connectivity index (χ2v) is 5.78. The Bertz CT molecular complexity index is 970. The van der Waals surface area contributed by atoms with Crippen LogP contribution in [0.25, 0.3) is 5.52 Å². The number of imidazole rings is 1. The highest BCUT2D eigenvalue weighted by molar-refractivity contribution is 6.09. The zero-order valence-corrected chi connectivity index (χ0v) is 14.7. The number of anilines is 1. The van der Waals surface area contributed by atoms with Gasteiger partial charge in [0.25, 0.3) is 11.8 Å². The smallest absolute Gasteiger partial charge is 0.287 e. The molecule has 8 heteroatoms. The van der Waals surface area contributed by atoms with E-state index in [1.807, 2.05) is 0 Å². The highest BCUT2D eigenvalue weighted by Crippen LogP contribution is 2.17. The molecule has 140 valence electrons. The Hall–Kier alpha value is -3.26. The fourth-order valence-corrected chi connectivity index (χ4v) is 2.61. The van der Waals surface area contributed by atoms with E-state index >= 15 is 0 Å². The van der Waals surface area contributed by atoms with Crippen molar-refractivity contribution in [3.63, 3.8) is 0 Å². The van der Waals surface area contributed by atoms with E-state index in [-0.39, 0.29) is 17.2 Å². The van der Waals surface area contributed by atoms with Crippen LogP contribution in [0.2, 0.25) is 0 Å². The summed E-state index contributed by atoms with van der Waals surface area (Å²) in [5, 5.41) is 5.24. The van der Waals surface area contributed by atoms with Crippen molar-refractivity contribution in [3.8, 4) is 0 Å². The van der Waals surface area contributed by atoms with Crippen molar-refractivity contribution in [2.24, 2.45) is 0 Å². The molecule has 0 fully saturated rings. The molecule has 2 heterocycles. The Kier molecular flexibility index (Phi) is 5.77. The fourth-order valence-electron chi connectivity index (χ4n) is 2.61. The Labute approximate surface area is 155 Å². The van der Waals surface area contributed by atoms with Crippen molar-refractivity contribution < 1.29 is 18.7 Å². The highest BCUT2D eigenvalue weighted by atomic mass is 19.1. The largest absolute Gasteiger partial charge is 0.385 e. The number of hydrogen-bond acceptors (Lipinski definition) is 4. The number of carbonyl (C=O) groups excluding carboxylic acids is 2. The summed E-state index contributed by atoms with van der Waals surface area (Å²) in [6.07, 6.45) is 2.30. The van der Waals surface area contributed by atoms with Crippen molar-refractivity contribution in [1.82, 2.24) is 14.7 Å². The molecule has 0 radical (unpaired) electrons.